The van der Waals surface area contributed by atoms with Crippen LogP contribution in [0.2, 0.25) is 5.02 Å². The zero-order valence-corrected chi connectivity index (χ0v) is 22.6. The number of ether oxygens (including phenoxy) is 1. The van der Waals surface area contributed by atoms with Crippen molar-refractivity contribution in [1.82, 2.24) is 14.8 Å². The molecule has 40 heavy (non-hydrogen) atoms. The molecule has 1 unspecified atom stereocenters. The van der Waals surface area contributed by atoms with Crippen LogP contribution in [-0.4, -0.2) is 78.3 Å². The summed E-state index contributed by atoms with van der Waals surface area (Å²) in [6, 6.07) is 18.0. The largest absolute Gasteiger partial charge is 0.379 e. The molecule has 0 spiro atoms. The number of hydrazone groups is 1. The maximum absolute atomic E-state index is 14.9. The molecule has 2 aliphatic rings. The monoisotopic (exact) mass is 566 g/mol. The predicted molar refractivity (Wildman–Crippen MR) is 148 cm³/mol. The molecular formula is C30H29ClF2N4O3. The third-order valence-electron chi connectivity index (χ3n) is 7.12. The van der Waals surface area contributed by atoms with Crippen LogP contribution in [0.3, 0.4) is 0 Å². The number of halogens is 3. The fourth-order valence-electron chi connectivity index (χ4n) is 4.92. The third-order valence-corrected chi connectivity index (χ3v) is 7.44. The number of hydrogen-bond acceptors (Lipinski definition) is 5. The first-order valence-electron chi connectivity index (χ1n) is 13.1. The number of carbonyl (C=O) groups is 2. The Morgan fingerprint density at radius 2 is 1.68 bits per heavy atom. The lowest BCUT2D eigenvalue weighted by molar-refractivity contribution is -0.133. The Hall–Kier alpha value is -3.66. The molecule has 1 atom stereocenters. The van der Waals surface area contributed by atoms with Crippen molar-refractivity contribution in [3.63, 3.8) is 0 Å². The summed E-state index contributed by atoms with van der Waals surface area (Å²) in [7, 11) is 0. The minimum atomic E-state index is -0.717. The number of carbonyl (C=O) groups excluding carboxylic acids is 2. The number of rotatable bonds is 8. The van der Waals surface area contributed by atoms with Crippen LogP contribution in [0, 0.1) is 11.6 Å². The van der Waals surface area contributed by atoms with Crippen molar-refractivity contribution >= 4 is 29.1 Å². The van der Waals surface area contributed by atoms with E-state index < -0.39 is 23.6 Å². The Balaban J connectivity index is 1.43. The van der Waals surface area contributed by atoms with Crippen LogP contribution in [0.25, 0.3) is 0 Å². The van der Waals surface area contributed by atoms with Gasteiger partial charge in [-0.3, -0.25) is 14.5 Å². The Labute approximate surface area is 236 Å². The van der Waals surface area contributed by atoms with Gasteiger partial charge in [0.25, 0.3) is 11.8 Å². The first kappa shape index (κ1) is 27.9. The van der Waals surface area contributed by atoms with Crippen molar-refractivity contribution in [2.75, 3.05) is 45.9 Å². The third kappa shape index (κ3) is 6.38. The van der Waals surface area contributed by atoms with Gasteiger partial charge in [-0.05, 0) is 35.9 Å². The molecule has 0 N–H and O–H groups in total. The fraction of sp³-hybridized carbons (Fsp3) is 0.300. The van der Waals surface area contributed by atoms with Gasteiger partial charge in [0, 0.05) is 38.2 Å². The van der Waals surface area contributed by atoms with Crippen molar-refractivity contribution in [3.8, 4) is 0 Å². The van der Waals surface area contributed by atoms with E-state index in [1.165, 1.54) is 28.1 Å². The summed E-state index contributed by atoms with van der Waals surface area (Å²) in [5.74, 6) is -1.70. The first-order chi connectivity index (χ1) is 19.4. The summed E-state index contributed by atoms with van der Waals surface area (Å²) < 4.78 is 33.9. The normalized spacial score (nSPS) is 17.5. The highest BCUT2D eigenvalue weighted by Crippen LogP contribution is 2.34. The zero-order valence-electron chi connectivity index (χ0n) is 21.8. The number of amides is 2. The zero-order chi connectivity index (χ0) is 28.1. The number of benzene rings is 3. The molecule has 1 saturated heterocycles. The fourth-order valence-corrected chi connectivity index (χ4v) is 5.14. The van der Waals surface area contributed by atoms with E-state index in [9.17, 15) is 18.4 Å². The molecule has 0 aromatic heterocycles. The van der Waals surface area contributed by atoms with Crippen LogP contribution < -0.4 is 0 Å². The maximum atomic E-state index is 14.9. The van der Waals surface area contributed by atoms with E-state index in [4.69, 9.17) is 16.3 Å². The molecule has 1 fully saturated rings. The van der Waals surface area contributed by atoms with Gasteiger partial charge in [0.1, 0.15) is 18.2 Å². The molecule has 0 aliphatic carbocycles. The Kier molecular flexibility index (Phi) is 8.84. The van der Waals surface area contributed by atoms with E-state index in [1.54, 1.807) is 54.6 Å². The Bertz CT molecular complexity index is 1400. The summed E-state index contributed by atoms with van der Waals surface area (Å²) in [5.41, 5.74) is 1.77. The molecule has 208 valence electrons. The molecule has 2 heterocycles. The van der Waals surface area contributed by atoms with Crippen LogP contribution in [0.15, 0.2) is 77.9 Å². The average molecular weight is 567 g/mol. The predicted octanol–water partition coefficient (Wildman–Crippen LogP) is 4.77. The molecule has 2 aliphatic heterocycles. The van der Waals surface area contributed by atoms with Crippen LogP contribution in [-0.2, 0) is 9.53 Å². The van der Waals surface area contributed by atoms with E-state index in [-0.39, 0.29) is 25.4 Å². The van der Waals surface area contributed by atoms with Gasteiger partial charge < -0.3 is 9.64 Å². The lowest BCUT2D eigenvalue weighted by Gasteiger charge is -2.31. The van der Waals surface area contributed by atoms with Crippen LogP contribution in [0.4, 0.5) is 8.78 Å². The molecule has 0 bridgehead atoms. The van der Waals surface area contributed by atoms with Crippen molar-refractivity contribution in [1.29, 1.82) is 0 Å². The minimum Gasteiger partial charge on any atom is -0.379 e. The second-order valence-electron chi connectivity index (χ2n) is 9.69. The van der Waals surface area contributed by atoms with Gasteiger partial charge in [0.15, 0.2) is 0 Å². The van der Waals surface area contributed by atoms with E-state index in [0.29, 0.717) is 47.2 Å². The second-order valence-corrected chi connectivity index (χ2v) is 10.1. The highest BCUT2D eigenvalue weighted by atomic mass is 35.5. The van der Waals surface area contributed by atoms with Crippen molar-refractivity contribution in [3.05, 3.63) is 106 Å². The molecule has 3 aromatic carbocycles. The highest BCUT2D eigenvalue weighted by molar-refractivity contribution is 6.33. The SMILES string of the molecule is O=C(c1ccccc1Cl)N(CCN1CCOCC1)CC(=O)N1N=C(c2ccc(F)cc2)CC1c1ccccc1F. The summed E-state index contributed by atoms with van der Waals surface area (Å²) >= 11 is 6.33. The van der Waals surface area contributed by atoms with E-state index in [2.05, 4.69) is 10.0 Å². The van der Waals surface area contributed by atoms with Gasteiger partial charge in [0.2, 0.25) is 0 Å². The van der Waals surface area contributed by atoms with Gasteiger partial charge >= 0.3 is 0 Å². The smallest absolute Gasteiger partial charge is 0.262 e. The number of nitrogens with zero attached hydrogens (tertiary/aromatic N) is 4. The summed E-state index contributed by atoms with van der Waals surface area (Å²) in [5, 5.41) is 6.10. The average Bonchev–Trinajstić information content (AvgIpc) is 3.42. The Morgan fingerprint density at radius 1 is 0.975 bits per heavy atom. The minimum absolute atomic E-state index is 0.241. The number of morpholine rings is 1. The highest BCUT2D eigenvalue weighted by Gasteiger charge is 2.36. The molecule has 7 nitrogen and oxygen atoms in total. The van der Waals surface area contributed by atoms with Gasteiger partial charge in [-0.25, -0.2) is 13.8 Å². The molecule has 5 rings (SSSR count). The lowest BCUT2D eigenvalue weighted by Crippen LogP contribution is -2.46. The van der Waals surface area contributed by atoms with Crippen LogP contribution in [0.5, 0.6) is 0 Å². The second kappa shape index (κ2) is 12.7. The van der Waals surface area contributed by atoms with Crippen LogP contribution >= 0.6 is 11.6 Å². The maximum Gasteiger partial charge on any atom is 0.262 e. The molecule has 10 heteroatoms. The van der Waals surface area contributed by atoms with Crippen molar-refractivity contribution < 1.29 is 23.1 Å². The van der Waals surface area contributed by atoms with Gasteiger partial charge in [-0.15, -0.1) is 0 Å². The van der Waals surface area contributed by atoms with Crippen LogP contribution in [0.1, 0.15) is 33.9 Å². The molecule has 3 aromatic rings. The van der Waals surface area contributed by atoms with Gasteiger partial charge in [-0.2, -0.15) is 5.10 Å². The van der Waals surface area contributed by atoms with Gasteiger partial charge in [0.05, 0.1) is 35.6 Å². The molecule has 0 saturated carbocycles. The molecular weight excluding hydrogens is 538 g/mol. The quantitative estimate of drug-likeness (QED) is 0.394. The van der Waals surface area contributed by atoms with E-state index in [0.717, 1.165) is 13.1 Å². The number of hydrogen-bond donors (Lipinski definition) is 0. The summed E-state index contributed by atoms with van der Waals surface area (Å²) in [4.78, 5) is 31.1. The molecule has 0 radical (unpaired) electrons. The van der Waals surface area contributed by atoms with Crippen molar-refractivity contribution in [2.24, 2.45) is 5.10 Å². The summed E-state index contributed by atoms with van der Waals surface area (Å²) in [6.07, 6.45) is 0.241. The van der Waals surface area contributed by atoms with Gasteiger partial charge in [-0.1, -0.05) is 54.1 Å². The first-order valence-corrected chi connectivity index (χ1v) is 13.5. The Morgan fingerprint density at radius 3 is 2.40 bits per heavy atom. The van der Waals surface area contributed by atoms with E-state index in [1.807, 2.05) is 0 Å². The lowest BCUT2D eigenvalue weighted by atomic mass is 9.98. The standard InChI is InChI=1S/C30H29ClF2N4O3/c31-25-7-3-1-5-23(25)30(39)36(14-13-35-15-17-40-18-16-35)20-29(38)37-28(24-6-2-4-8-26(24)33)19-27(34-37)21-9-11-22(32)12-10-21/h1-12,28H,13-20H2. The summed E-state index contributed by atoms with van der Waals surface area (Å²) in [6.45, 7) is 3.23. The topological polar surface area (TPSA) is 65.5 Å². The molecule has 2 amide bonds. The van der Waals surface area contributed by atoms with E-state index >= 15 is 0 Å². The van der Waals surface area contributed by atoms with Crippen molar-refractivity contribution in [2.45, 2.75) is 12.5 Å².